The predicted molar refractivity (Wildman–Crippen MR) is 110 cm³/mol. The second kappa shape index (κ2) is 6.68. The summed E-state index contributed by atoms with van der Waals surface area (Å²) in [5.74, 6) is -0.464. The number of rotatable bonds is 3. The van der Waals surface area contributed by atoms with Crippen LogP contribution in [0.1, 0.15) is 35.1 Å². The molecule has 4 rings (SSSR count). The van der Waals surface area contributed by atoms with Gasteiger partial charge < -0.3 is 10.4 Å². The van der Waals surface area contributed by atoms with Crippen LogP contribution in [0.4, 0.5) is 5.82 Å². The zero-order valence-electron chi connectivity index (χ0n) is 16.4. The molecule has 0 saturated carbocycles. The lowest BCUT2D eigenvalue weighted by Gasteiger charge is -2.29. The van der Waals surface area contributed by atoms with E-state index < -0.39 is 11.9 Å². The van der Waals surface area contributed by atoms with Crippen LogP contribution in [-0.2, 0) is 11.8 Å². The summed E-state index contributed by atoms with van der Waals surface area (Å²) in [6.45, 7) is 5.88. The van der Waals surface area contributed by atoms with Gasteiger partial charge in [-0.15, -0.1) is 0 Å². The lowest BCUT2D eigenvalue weighted by Crippen LogP contribution is -2.24. The molecule has 1 unspecified atom stereocenters. The highest BCUT2D eigenvalue weighted by Crippen LogP contribution is 2.47. The van der Waals surface area contributed by atoms with Crippen molar-refractivity contribution < 1.29 is 9.90 Å². The minimum Gasteiger partial charge on any atom is -0.478 e. The van der Waals surface area contributed by atoms with E-state index in [1.165, 1.54) is 0 Å². The number of nitrogens with zero attached hydrogens (tertiary/aromatic N) is 2. The number of hydrogen-bond donors (Lipinski definition) is 2. The van der Waals surface area contributed by atoms with Gasteiger partial charge in [-0.05, 0) is 31.9 Å². The van der Waals surface area contributed by atoms with E-state index in [1.807, 2.05) is 58.2 Å². The van der Waals surface area contributed by atoms with Gasteiger partial charge in [0.2, 0.25) is 0 Å². The van der Waals surface area contributed by atoms with Crippen LogP contribution in [0.3, 0.4) is 0 Å². The maximum Gasteiger partial charge on any atom is 0.334 e. The number of aromatic nitrogens is 2. The first-order valence-electron chi connectivity index (χ1n) is 9.29. The summed E-state index contributed by atoms with van der Waals surface area (Å²) in [4.78, 5) is 12.3. The Kier molecular flexibility index (Phi) is 4.30. The summed E-state index contributed by atoms with van der Waals surface area (Å²) in [7, 11) is 1.89. The molecule has 1 aliphatic heterocycles. The van der Waals surface area contributed by atoms with Crippen molar-refractivity contribution >= 4 is 11.8 Å². The Balaban J connectivity index is 2.06. The molecule has 0 aliphatic carbocycles. The molecular formula is C23H23N3O2. The summed E-state index contributed by atoms with van der Waals surface area (Å²) in [5.41, 5.74) is 6.88. The predicted octanol–water partition coefficient (Wildman–Crippen LogP) is 4.62. The van der Waals surface area contributed by atoms with Crippen LogP contribution in [0, 0.1) is 13.8 Å². The minimum absolute atomic E-state index is 0.367. The molecule has 2 N–H and O–H groups in total. The first-order valence-corrected chi connectivity index (χ1v) is 9.29. The van der Waals surface area contributed by atoms with E-state index in [4.69, 9.17) is 5.10 Å². The quantitative estimate of drug-likeness (QED) is 0.703. The van der Waals surface area contributed by atoms with Crippen LogP contribution in [0.15, 0.2) is 59.8 Å². The Morgan fingerprint density at radius 2 is 1.82 bits per heavy atom. The van der Waals surface area contributed by atoms with Crippen molar-refractivity contribution in [1.29, 1.82) is 0 Å². The molecule has 1 aromatic heterocycles. The summed E-state index contributed by atoms with van der Waals surface area (Å²) >= 11 is 0. The number of hydrogen-bond acceptors (Lipinski definition) is 3. The molecular weight excluding hydrogens is 350 g/mol. The molecule has 1 aliphatic rings. The second-order valence-corrected chi connectivity index (χ2v) is 7.36. The molecule has 2 aromatic carbocycles. The van der Waals surface area contributed by atoms with Crippen molar-refractivity contribution in [2.24, 2.45) is 7.05 Å². The molecule has 0 saturated heterocycles. The van der Waals surface area contributed by atoms with Gasteiger partial charge in [-0.1, -0.05) is 54.1 Å². The topological polar surface area (TPSA) is 67.1 Å². The highest BCUT2D eigenvalue weighted by Gasteiger charge is 2.37. The summed E-state index contributed by atoms with van der Waals surface area (Å²) < 4.78 is 1.80. The van der Waals surface area contributed by atoms with Crippen molar-refractivity contribution in [3.63, 3.8) is 0 Å². The standard InChI is InChI=1S/C23H23N3O2/c1-13-10-11-14(2)17(12-13)19-18(23(27)28)15(3)24-22-20(19)21(25-26(22)4)16-8-6-5-7-9-16/h5-12,19,24H,1-4H3,(H,27,28). The van der Waals surface area contributed by atoms with Crippen molar-refractivity contribution in [3.05, 3.63) is 82.1 Å². The average Bonchev–Trinajstić information content (AvgIpc) is 2.99. The molecule has 1 atom stereocenters. The van der Waals surface area contributed by atoms with Gasteiger partial charge in [0.15, 0.2) is 0 Å². The number of fused-ring (bicyclic) bond motifs is 1. The maximum atomic E-state index is 12.3. The smallest absolute Gasteiger partial charge is 0.334 e. The van der Waals surface area contributed by atoms with E-state index in [0.29, 0.717) is 11.3 Å². The zero-order chi connectivity index (χ0) is 20.0. The number of carboxylic acid groups (broad SMARTS) is 1. The molecule has 0 spiro atoms. The zero-order valence-corrected chi connectivity index (χ0v) is 16.4. The summed E-state index contributed by atoms with van der Waals surface area (Å²) in [6, 6.07) is 16.1. The third-order valence-electron chi connectivity index (χ3n) is 5.39. The largest absolute Gasteiger partial charge is 0.478 e. The van der Waals surface area contributed by atoms with E-state index in [0.717, 1.165) is 39.3 Å². The normalized spacial score (nSPS) is 15.9. The van der Waals surface area contributed by atoms with Gasteiger partial charge in [0.25, 0.3) is 0 Å². The molecule has 2 heterocycles. The third kappa shape index (κ3) is 2.80. The van der Waals surface area contributed by atoms with Crippen LogP contribution in [0.5, 0.6) is 0 Å². The van der Waals surface area contributed by atoms with E-state index in [2.05, 4.69) is 23.5 Å². The van der Waals surface area contributed by atoms with Crippen molar-refractivity contribution in [2.75, 3.05) is 5.32 Å². The second-order valence-electron chi connectivity index (χ2n) is 7.36. The Hall–Kier alpha value is -3.34. The number of anilines is 1. The molecule has 5 heteroatoms. The van der Waals surface area contributed by atoms with E-state index in [-0.39, 0.29) is 0 Å². The lowest BCUT2D eigenvalue weighted by atomic mass is 9.78. The maximum absolute atomic E-state index is 12.3. The van der Waals surface area contributed by atoms with E-state index in [1.54, 1.807) is 4.68 Å². The van der Waals surface area contributed by atoms with E-state index in [9.17, 15) is 9.90 Å². The Bertz CT molecular complexity index is 1110. The third-order valence-corrected chi connectivity index (χ3v) is 5.39. The van der Waals surface area contributed by atoms with Gasteiger partial charge in [0.05, 0.1) is 11.3 Å². The van der Waals surface area contributed by atoms with Gasteiger partial charge in [-0.25, -0.2) is 4.79 Å². The summed E-state index contributed by atoms with van der Waals surface area (Å²) in [6.07, 6.45) is 0. The monoisotopic (exact) mass is 373 g/mol. The molecule has 5 nitrogen and oxygen atoms in total. The number of aliphatic carboxylic acids is 1. The molecule has 0 amide bonds. The van der Waals surface area contributed by atoms with Crippen molar-refractivity contribution in [3.8, 4) is 11.3 Å². The average molecular weight is 373 g/mol. The Morgan fingerprint density at radius 3 is 2.50 bits per heavy atom. The number of nitrogens with one attached hydrogen (secondary N) is 1. The van der Waals surface area contributed by atoms with Crippen LogP contribution in [0.2, 0.25) is 0 Å². The van der Waals surface area contributed by atoms with Gasteiger partial charge in [0.1, 0.15) is 5.82 Å². The SMILES string of the molecule is CC1=C(C(=O)O)C(c2cc(C)ccc2C)c2c(-c3ccccc3)nn(C)c2N1. The Labute approximate surface area is 164 Å². The highest BCUT2D eigenvalue weighted by molar-refractivity contribution is 5.94. The lowest BCUT2D eigenvalue weighted by molar-refractivity contribution is -0.132. The number of benzene rings is 2. The molecule has 142 valence electrons. The van der Waals surface area contributed by atoms with Gasteiger partial charge in [-0.2, -0.15) is 5.10 Å². The van der Waals surface area contributed by atoms with Crippen LogP contribution in [-0.4, -0.2) is 20.9 Å². The Morgan fingerprint density at radius 1 is 1.11 bits per heavy atom. The van der Waals surface area contributed by atoms with Crippen LogP contribution >= 0.6 is 0 Å². The van der Waals surface area contributed by atoms with Gasteiger partial charge >= 0.3 is 5.97 Å². The number of carboxylic acids is 1. The summed E-state index contributed by atoms with van der Waals surface area (Å²) in [5, 5.41) is 18.1. The van der Waals surface area contributed by atoms with Crippen LogP contribution in [0.25, 0.3) is 11.3 Å². The molecule has 0 radical (unpaired) electrons. The van der Waals surface area contributed by atoms with Gasteiger partial charge in [0, 0.05) is 29.8 Å². The highest BCUT2D eigenvalue weighted by atomic mass is 16.4. The number of carbonyl (C=O) groups is 1. The number of aryl methyl sites for hydroxylation is 3. The molecule has 3 aromatic rings. The fourth-order valence-electron chi connectivity index (χ4n) is 4.04. The van der Waals surface area contributed by atoms with Crippen molar-refractivity contribution in [2.45, 2.75) is 26.7 Å². The minimum atomic E-state index is -0.913. The fourth-order valence-corrected chi connectivity index (χ4v) is 4.04. The molecule has 0 fully saturated rings. The molecule has 0 bridgehead atoms. The van der Waals surface area contributed by atoms with Gasteiger partial charge in [-0.3, -0.25) is 4.68 Å². The molecule has 28 heavy (non-hydrogen) atoms. The van der Waals surface area contributed by atoms with Crippen molar-refractivity contribution in [1.82, 2.24) is 9.78 Å². The first kappa shape index (κ1) is 18.0. The van der Waals surface area contributed by atoms with E-state index >= 15 is 0 Å². The number of allylic oxidation sites excluding steroid dienone is 1. The first-order chi connectivity index (χ1) is 13.4. The fraction of sp³-hybridized carbons (Fsp3) is 0.217. The van der Waals surface area contributed by atoms with Crippen LogP contribution < -0.4 is 5.32 Å².